The molecule has 0 aliphatic heterocycles. The van der Waals surface area contributed by atoms with E-state index in [-0.39, 0.29) is 13.2 Å². The molecule has 0 spiro atoms. The summed E-state index contributed by atoms with van der Waals surface area (Å²) >= 11 is 5.81. The first-order valence-corrected chi connectivity index (χ1v) is 7.49. The summed E-state index contributed by atoms with van der Waals surface area (Å²) in [6.45, 7) is 2.68. The van der Waals surface area contributed by atoms with E-state index in [2.05, 4.69) is 0 Å². The fourth-order valence-corrected chi connectivity index (χ4v) is 2.29. The maximum absolute atomic E-state index is 12.2. The summed E-state index contributed by atoms with van der Waals surface area (Å²) in [4.78, 5) is 34.7. The lowest BCUT2D eigenvalue weighted by molar-refractivity contribution is -0.484. The molecule has 1 atom stereocenters. The topological polar surface area (TPSA) is 95.7 Å². The van der Waals surface area contributed by atoms with E-state index in [0.717, 1.165) is 0 Å². The molecule has 0 fully saturated rings. The molecular formula is C15H18ClNO6. The van der Waals surface area contributed by atoms with Gasteiger partial charge in [0.25, 0.3) is 0 Å². The summed E-state index contributed by atoms with van der Waals surface area (Å²) in [6.07, 6.45) is 0. The Morgan fingerprint density at radius 2 is 1.61 bits per heavy atom. The number of ether oxygens (including phenoxy) is 2. The number of nitrogens with zero attached hydrogens (tertiary/aromatic N) is 1. The zero-order valence-electron chi connectivity index (χ0n) is 12.9. The molecule has 0 radical (unpaired) electrons. The Morgan fingerprint density at radius 3 is 2.00 bits per heavy atom. The number of carbonyl (C=O) groups excluding carboxylic acids is 2. The van der Waals surface area contributed by atoms with Gasteiger partial charge in [0.15, 0.2) is 5.92 Å². The molecule has 1 aromatic carbocycles. The smallest absolute Gasteiger partial charge is 0.321 e. The first kappa shape index (κ1) is 18.9. The molecule has 1 rings (SSSR count). The Kier molecular flexibility index (Phi) is 7.47. The normalized spacial score (nSPS) is 11.8. The molecule has 0 aliphatic carbocycles. The van der Waals surface area contributed by atoms with E-state index in [9.17, 15) is 19.7 Å². The Morgan fingerprint density at radius 1 is 1.13 bits per heavy atom. The second kappa shape index (κ2) is 9.09. The third kappa shape index (κ3) is 5.52. The highest BCUT2D eigenvalue weighted by Gasteiger charge is 2.41. The third-order valence-corrected chi connectivity index (χ3v) is 3.38. The zero-order valence-corrected chi connectivity index (χ0v) is 13.6. The van der Waals surface area contributed by atoms with Gasteiger partial charge in [-0.2, -0.15) is 0 Å². The molecule has 7 nitrogen and oxygen atoms in total. The van der Waals surface area contributed by atoms with Crippen LogP contribution in [0, 0.1) is 16.0 Å². The van der Waals surface area contributed by atoms with Gasteiger partial charge >= 0.3 is 11.9 Å². The highest BCUT2D eigenvalue weighted by Crippen LogP contribution is 2.28. The average molecular weight is 344 g/mol. The van der Waals surface area contributed by atoms with Crippen LogP contribution in [-0.4, -0.2) is 36.6 Å². The van der Waals surface area contributed by atoms with Crippen LogP contribution in [0.4, 0.5) is 0 Å². The van der Waals surface area contributed by atoms with Crippen LogP contribution in [0.25, 0.3) is 0 Å². The molecule has 0 saturated carbocycles. The highest BCUT2D eigenvalue weighted by atomic mass is 35.5. The van der Waals surface area contributed by atoms with Crippen LogP contribution < -0.4 is 0 Å². The van der Waals surface area contributed by atoms with E-state index in [4.69, 9.17) is 21.1 Å². The monoisotopic (exact) mass is 343 g/mol. The zero-order chi connectivity index (χ0) is 17.4. The SMILES string of the molecule is CCOC(=O)C(C(=O)OCC)[C@@H](C[N+](=O)[O-])c1ccc(Cl)cc1. The molecule has 1 aromatic rings. The van der Waals surface area contributed by atoms with Crippen molar-refractivity contribution in [2.75, 3.05) is 19.8 Å². The molecule has 126 valence electrons. The van der Waals surface area contributed by atoms with Crippen LogP contribution in [0.15, 0.2) is 24.3 Å². The minimum atomic E-state index is -1.40. The second-order valence-corrected chi connectivity index (χ2v) is 5.09. The molecule has 0 saturated heterocycles. The van der Waals surface area contributed by atoms with E-state index in [1.807, 2.05) is 0 Å². The number of esters is 2. The predicted octanol–water partition coefficient (Wildman–Crippen LogP) is 2.44. The van der Waals surface area contributed by atoms with Gasteiger partial charge in [0.1, 0.15) is 0 Å². The Labute approximate surface area is 138 Å². The number of hydrogen-bond donors (Lipinski definition) is 0. The van der Waals surface area contributed by atoms with Gasteiger partial charge < -0.3 is 9.47 Å². The van der Waals surface area contributed by atoms with Gasteiger partial charge in [-0.1, -0.05) is 23.7 Å². The van der Waals surface area contributed by atoms with Gasteiger partial charge in [-0.15, -0.1) is 0 Å². The predicted molar refractivity (Wildman–Crippen MR) is 82.8 cm³/mol. The minimum Gasteiger partial charge on any atom is -0.465 e. The van der Waals surface area contributed by atoms with Crippen LogP contribution in [-0.2, 0) is 19.1 Å². The quantitative estimate of drug-likeness (QED) is 0.311. The fourth-order valence-electron chi connectivity index (χ4n) is 2.16. The molecule has 0 aromatic heterocycles. The second-order valence-electron chi connectivity index (χ2n) is 4.66. The maximum atomic E-state index is 12.2. The summed E-state index contributed by atoms with van der Waals surface area (Å²) < 4.78 is 9.78. The number of halogens is 1. The summed E-state index contributed by atoms with van der Waals surface area (Å²) in [7, 11) is 0. The summed E-state index contributed by atoms with van der Waals surface area (Å²) in [6, 6.07) is 6.16. The first-order chi connectivity index (χ1) is 10.9. The Balaban J connectivity index is 3.24. The van der Waals surface area contributed by atoms with Crippen LogP contribution in [0.3, 0.4) is 0 Å². The minimum absolute atomic E-state index is 0.0561. The van der Waals surface area contributed by atoms with Crippen molar-refractivity contribution in [3.8, 4) is 0 Å². The largest absolute Gasteiger partial charge is 0.465 e. The fraction of sp³-hybridized carbons (Fsp3) is 0.467. The molecule has 23 heavy (non-hydrogen) atoms. The van der Waals surface area contributed by atoms with Crippen molar-refractivity contribution in [1.82, 2.24) is 0 Å². The van der Waals surface area contributed by atoms with E-state index in [1.54, 1.807) is 26.0 Å². The average Bonchev–Trinajstić information content (AvgIpc) is 2.47. The number of carbonyl (C=O) groups is 2. The van der Waals surface area contributed by atoms with Gasteiger partial charge in [-0.05, 0) is 31.5 Å². The van der Waals surface area contributed by atoms with Gasteiger partial charge in [0.05, 0.1) is 19.1 Å². The van der Waals surface area contributed by atoms with Gasteiger partial charge in [0, 0.05) is 9.95 Å². The lowest BCUT2D eigenvalue weighted by Crippen LogP contribution is -2.36. The van der Waals surface area contributed by atoms with E-state index in [0.29, 0.717) is 10.6 Å². The number of nitro groups is 1. The number of rotatable bonds is 8. The van der Waals surface area contributed by atoms with E-state index >= 15 is 0 Å². The standard InChI is InChI=1S/C15H18ClNO6/c1-3-22-14(18)13(15(19)23-4-2)12(9-17(20)21)10-5-7-11(16)8-6-10/h5-8,12-13H,3-4,9H2,1-2H3/t12-/m0/s1. The molecule has 8 heteroatoms. The van der Waals surface area contributed by atoms with Crippen molar-refractivity contribution in [3.63, 3.8) is 0 Å². The van der Waals surface area contributed by atoms with Crippen LogP contribution >= 0.6 is 11.6 Å². The van der Waals surface area contributed by atoms with Crippen molar-refractivity contribution in [1.29, 1.82) is 0 Å². The summed E-state index contributed by atoms with van der Waals surface area (Å²) in [5.41, 5.74) is 0.442. The third-order valence-electron chi connectivity index (χ3n) is 3.13. The van der Waals surface area contributed by atoms with E-state index in [1.165, 1.54) is 12.1 Å². The molecule has 0 heterocycles. The lowest BCUT2D eigenvalue weighted by Gasteiger charge is -2.21. The molecule has 0 unspecified atom stereocenters. The van der Waals surface area contributed by atoms with Crippen molar-refractivity contribution in [2.45, 2.75) is 19.8 Å². The van der Waals surface area contributed by atoms with E-state index < -0.39 is 35.2 Å². The summed E-state index contributed by atoms with van der Waals surface area (Å²) in [5, 5.41) is 11.4. The highest BCUT2D eigenvalue weighted by molar-refractivity contribution is 6.30. The summed E-state index contributed by atoms with van der Waals surface area (Å²) in [5.74, 6) is -4.08. The Hall–Kier alpha value is -2.15. The number of hydrogen-bond acceptors (Lipinski definition) is 6. The lowest BCUT2D eigenvalue weighted by atomic mass is 9.86. The van der Waals surface area contributed by atoms with Crippen molar-refractivity contribution in [2.24, 2.45) is 5.92 Å². The van der Waals surface area contributed by atoms with Crippen LogP contribution in [0.5, 0.6) is 0 Å². The van der Waals surface area contributed by atoms with Crippen LogP contribution in [0.2, 0.25) is 5.02 Å². The Bertz CT molecular complexity index is 542. The molecule has 0 bridgehead atoms. The van der Waals surface area contributed by atoms with Crippen molar-refractivity contribution >= 4 is 23.5 Å². The first-order valence-electron chi connectivity index (χ1n) is 7.11. The maximum Gasteiger partial charge on any atom is 0.321 e. The van der Waals surface area contributed by atoms with Gasteiger partial charge in [-0.25, -0.2) is 0 Å². The van der Waals surface area contributed by atoms with Gasteiger partial charge in [0.2, 0.25) is 6.54 Å². The molecular weight excluding hydrogens is 326 g/mol. The number of benzene rings is 1. The molecule has 0 aliphatic rings. The van der Waals surface area contributed by atoms with Crippen LogP contribution in [0.1, 0.15) is 25.3 Å². The van der Waals surface area contributed by atoms with Crippen molar-refractivity contribution < 1.29 is 24.0 Å². The van der Waals surface area contributed by atoms with Gasteiger partial charge in [-0.3, -0.25) is 19.7 Å². The molecule has 0 N–H and O–H groups in total. The molecule has 0 amide bonds. The van der Waals surface area contributed by atoms with Crippen molar-refractivity contribution in [3.05, 3.63) is 45.0 Å².